The molecule has 2 rings (SSSR count). The molecule has 5 heteroatoms. The number of aliphatic hydroxyl groups excluding tert-OH is 1. The molecule has 2 N–H and O–H groups in total. The Labute approximate surface area is 110 Å². The fraction of sp³-hybridized carbons (Fsp3) is 0.286. The van der Waals surface area contributed by atoms with Gasteiger partial charge in [0.2, 0.25) is 0 Å². The molecule has 0 aliphatic rings. The summed E-state index contributed by atoms with van der Waals surface area (Å²) < 4.78 is 23.8. The van der Waals surface area contributed by atoms with Crippen LogP contribution in [0.15, 0.2) is 34.7 Å². The summed E-state index contributed by atoms with van der Waals surface area (Å²) in [6.07, 6.45) is 0. The van der Waals surface area contributed by atoms with Crippen molar-refractivity contribution in [3.63, 3.8) is 0 Å². The van der Waals surface area contributed by atoms with Crippen LogP contribution in [0.1, 0.15) is 18.4 Å². The molecule has 0 saturated carbocycles. The largest absolute Gasteiger partial charge is 0.492 e. The maximum Gasteiger partial charge on any atom is 0.145 e. The van der Waals surface area contributed by atoms with Gasteiger partial charge in [0.05, 0.1) is 18.8 Å². The summed E-state index contributed by atoms with van der Waals surface area (Å²) in [7, 11) is 0. The van der Waals surface area contributed by atoms with Crippen LogP contribution < -0.4 is 10.1 Å². The van der Waals surface area contributed by atoms with Gasteiger partial charge >= 0.3 is 0 Å². The van der Waals surface area contributed by atoms with E-state index in [4.69, 9.17) is 14.3 Å². The van der Waals surface area contributed by atoms with Crippen LogP contribution >= 0.6 is 0 Å². The van der Waals surface area contributed by atoms with Crippen LogP contribution in [-0.2, 0) is 13.2 Å². The van der Waals surface area contributed by atoms with Crippen molar-refractivity contribution < 1.29 is 18.7 Å². The summed E-state index contributed by atoms with van der Waals surface area (Å²) in [4.78, 5) is 0. The van der Waals surface area contributed by atoms with E-state index in [1.165, 1.54) is 12.1 Å². The predicted octanol–water partition coefficient (Wildman–Crippen LogP) is 2.92. The number of furan rings is 1. The lowest BCUT2D eigenvalue weighted by Crippen LogP contribution is -2.02. The summed E-state index contributed by atoms with van der Waals surface area (Å²) in [5.41, 5.74) is 0.699. The average Bonchev–Trinajstić information content (AvgIpc) is 2.86. The number of aliphatic hydroxyl groups is 1. The van der Waals surface area contributed by atoms with Crippen molar-refractivity contribution in [2.24, 2.45) is 0 Å². The fourth-order valence-electron chi connectivity index (χ4n) is 1.70. The number of hydrogen-bond acceptors (Lipinski definition) is 4. The maximum atomic E-state index is 13.1. The molecule has 0 saturated heterocycles. The number of rotatable bonds is 6. The minimum Gasteiger partial charge on any atom is -0.492 e. The Morgan fingerprint density at radius 1 is 1.26 bits per heavy atom. The molecule has 0 unspecified atom stereocenters. The number of benzene rings is 1. The molecule has 4 nitrogen and oxygen atoms in total. The van der Waals surface area contributed by atoms with Crippen molar-refractivity contribution in [2.45, 2.75) is 20.1 Å². The third kappa shape index (κ3) is 3.48. The van der Waals surface area contributed by atoms with Crippen molar-refractivity contribution in [3.8, 4) is 5.75 Å². The summed E-state index contributed by atoms with van der Waals surface area (Å²) in [6, 6.07) is 7.82. The molecule has 0 amide bonds. The van der Waals surface area contributed by atoms with Gasteiger partial charge in [0.25, 0.3) is 0 Å². The lowest BCUT2D eigenvalue weighted by molar-refractivity contribution is 0.244. The van der Waals surface area contributed by atoms with Gasteiger partial charge in [-0.1, -0.05) is 0 Å². The van der Waals surface area contributed by atoms with Crippen molar-refractivity contribution in [1.82, 2.24) is 0 Å². The van der Waals surface area contributed by atoms with Crippen LogP contribution in [0, 0.1) is 5.82 Å². The van der Waals surface area contributed by atoms with Gasteiger partial charge in [-0.2, -0.15) is 0 Å². The molecule has 1 heterocycles. The van der Waals surface area contributed by atoms with Gasteiger partial charge in [0, 0.05) is 6.07 Å². The van der Waals surface area contributed by atoms with Gasteiger partial charge in [-0.25, -0.2) is 4.39 Å². The van der Waals surface area contributed by atoms with Gasteiger partial charge in [-0.15, -0.1) is 0 Å². The zero-order valence-corrected chi connectivity index (χ0v) is 10.6. The van der Waals surface area contributed by atoms with Gasteiger partial charge in [-0.05, 0) is 31.2 Å². The molecule has 0 radical (unpaired) electrons. The van der Waals surface area contributed by atoms with E-state index in [1.807, 2.05) is 6.92 Å². The highest BCUT2D eigenvalue weighted by atomic mass is 19.1. The third-order valence-electron chi connectivity index (χ3n) is 2.57. The molecule has 102 valence electrons. The number of hydrogen-bond donors (Lipinski definition) is 2. The Morgan fingerprint density at radius 2 is 2.05 bits per heavy atom. The lowest BCUT2D eigenvalue weighted by Gasteiger charge is -2.11. The second kappa shape index (κ2) is 6.24. The molecular weight excluding hydrogens is 249 g/mol. The zero-order valence-electron chi connectivity index (χ0n) is 10.6. The molecule has 0 bridgehead atoms. The maximum absolute atomic E-state index is 13.1. The number of nitrogens with one attached hydrogen (secondary N) is 1. The molecule has 0 aliphatic heterocycles. The Balaban J connectivity index is 2.05. The highest BCUT2D eigenvalue weighted by molar-refractivity contribution is 5.56. The van der Waals surface area contributed by atoms with Gasteiger partial charge in [-0.3, -0.25) is 0 Å². The zero-order chi connectivity index (χ0) is 13.7. The second-order valence-electron chi connectivity index (χ2n) is 3.95. The molecule has 0 atom stereocenters. The standard InChI is InChI=1S/C14H16FNO3/c1-2-18-14-7-10(15)3-6-13(14)16-8-11-4-5-12(9-17)19-11/h3-7,16-17H,2,8-9H2,1H3. The Bertz CT molecular complexity index is 539. The molecule has 2 aromatic rings. The smallest absolute Gasteiger partial charge is 0.145 e. The molecule has 0 fully saturated rings. The molecule has 19 heavy (non-hydrogen) atoms. The van der Waals surface area contributed by atoms with Crippen molar-refractivity contribution in [3.05, 3.63) is 47.7 Å². The first kappa shape index (κ1) is 13.4. The first-order valence-corrected chi connectivity index (χ1v) is 6.07. The van der Waals surface area contributed by atoms with Crippen molar-refractivity contribution in [2.75, 3.05) is 11.9 Å². The topological polar surface area (TPSA) is 54.6 Å². The summed E-state index contributed by atoms with van der Waals surface area (Å²) in [5.74, 6) is 1.34. The first-order valence-electron chi connectivity index (χ1n) is 6.07. The van der Waals surface area contributed by atoms with E-state index in [2.05, 4.69) is 5.32 Å². The SMILES string of the molecule is CCOc1cc(F)ccc1NCc1ccc(CO)o1. The Kier molecular flexibility index (Phi) is 4.41. The summed E-state index contributed by atoms with van der Waals surface area (Å²) in [5, 5.41) is 12.0. The number of ether oxygens (including phenoxy) is 1. The van der Waals surface area contributed by atoms with Crippen LogP contribution in [0.2, 0.25) is 0 Å². The third-order valence-corrected chi connectivity index (χ3v) is 2.57. The second-order valence-corrected chi connectivity index (χ2v) is 3.95. The van der Waals surface area contributed by atoms with Crippen LogP contribution in [0.3, 0.4) is 0 Å². The highest BCUT2D eigenvalue weighted by Gasteiger charge is 2.06. The van der Waals surface area contributed by atoms with Crippen LogP contribution in [-0.4, -0.2) is 11.7 Å². The highest BCUT2D eigenvalue weighted by Crippen LogP contribution is 2.26. The minimum atomic E-state index is -0.338. The number of anilines is 1. The van der Waals surface area contributed by atoms with Gasteiger partial charge in [0.1, 0.15) is 29.7 Å². The Morgan fingerprint density at radius 3 is 2.74 bits per heavy atom. The molecule has 0 aliphatic carbocycles. The minimum absolute atomic E-state index is 0.124. The van der Waals surface area contributed by atoms with E-state index in [9.17, 15) is 4.39 Å². The predicted molar refractivity (Wildman–Crippen MR) is 69.5 cm³/mol. The number of halogens is 1. The van der Waals surface area contributed by atoms with E-state index in [0.717, 1.165) is 0 Å². The van der Waals surface area contributed by atoms with Crippen LogP contribution in [0.5, 0.6) is 5.75 Å². The lowest BCUT2D eigenvalue weighted by atomic mass is 10.2. The van der Waals surface area contributed by atoms with E-state index < -0.39 is 0 Å². The van der Waals surface area contributed by atoms with E-state index >= 15 is 0 Å². The van der Waals surface area contributed by atoms with E-state index in [-0.39, 0.29) is 12.4 Å². The molecule has 1 aromatic heterocycles. The quantitative estimate of drug-likeness (QED) is 0.843. The van der Waals surface area contributed by atoms with Crippen molar-refractivity contribution >= 4 is 5.69 Å². The van der Waals surface area contributed by atoms with Crippen molar-refractivity contribution in [1.29, 1.82) is 0 Å². The fourth-order valence-corrected chi connectivity index (χ4v) is 1.70. The molecule has 1 aromatic carbocycles. The van der Waals surface area contributed by atoms with Crippen LogP contribution in [0.25, 0.3) is 0 Å². The van der Waals surface area contributed by atoms with E-state index in [1.54, 1.807) is 18.2 Å². The summed E-state index contributed by atoms with van der Waals surface area (Å²) in [6.45, 7) is 2.62. The molecule has 0 spiro atoms. The van der Waals surface area contributed by atoms with Gasteiger partial charge in [0.15, 0.2) is 0 Å². The van der Waals surface area contributed by atoms with Gasteiger partial charge < -0.3 is 19.6 Å². The first-order chi connectivity index (χ1) is 9.22. The average molecular weight is 265 g/mol. The van der Waals surface area contributed by atoms with E-state index in [0.29, 0.717) is 36.1 Å². The normalized spacial score (nSPS) is 10.5. The summed E-state index contributed by atoms with van der Waals surface area (Å²) >= 11 is 0. The van der Waals surface area contributed by atoms with Crippen LogP contribution in [0.4, 0.5) is 10.1 Å². The monoisotopic (exact) mass is 265 g/mol. The molecular formula is C14H16FNO3. The Hall–Kier alpha value is -2.01.